The first-order valence-electron chi connectivity index (χ1n) is 5.92. The molecule has 0 aliphatic heterocycles. The highest BCUT2D eigenvalue weighted by molar-refractivity contribution is 5.93. The molecule has 0 bridgehead atoms. The highest BCUT2D eigenvalue weighted by Crippen LogP contribution is 2.07. The van der Waals surface area contributed by atoms with Crippen LogP contribution in [0.2, 0.25) is 0 Å². The summed E-state index contributed by atoms with van der Waals surface area (Å²) in [5.41, 5.74) is 2.03. The maximum atomic E-state index is 11.1. The van der Waals surface area contributed by atoms with E-state index in [1.54, 1.807) is 6.92 Å². The molecular formula is C14H22N2O. The lowest BCUT2D eigenvalue weighted by molar-refractivity contribution is 0.101. The van der Waals surface area contributed by atoms with Gasteiger partial charge in [-0.05, 0) is 33.6 Å². The number of nitrogens with zero attached hydrogens (tertiary/aromatic N) is 2. The zero-order valence-corrected chi connectivity index (χ0v) is 11.2. The molecule has 0 aliphatic carbocycles. The van der Waals surface area contributed by atoms with E-state index < -0.39 is 0 Å². The van der Waals surface area contributed by atoms with Crippen molar-refractivity contribution in [2.75, 3.05) is 34.2 Å². The van der Waals surface area contributed by atoms with Gasteiger partial charge in [0.2, 0.25) is 0 Å². The van der Waals surface area contributed by atoms with Crippen molar-refractivity contribution in [2.24, 2.45) is 0 Å². The minimum absolute atomic E-state index is 0.123. The zero-order valence-electron chi connectivity index (χ0n) is 11.2. The molecule has 0 saturated carbocycles. The Morgan fingerprint density at radius 1 is 1.06 bits per heavy atom. The summed E-state index contributed by atoms with van der Waals surface area (Å²) < 4.78 is 0. The molecule has 0 aromatic heterocycles. The second-order valence-corrected chi connectivity index (χ2v) is 4.79. The number of rotatable bonds is 6. The van der Waals surface area contributed by atoms with Gasteiger partial charge in [0.25, 0.3) is 0 Å². The van der Waals surface area contributed by atoms with Crippen LogP contribution in [-0.4, -0.2) is 49.8 Å². The molecular weight excluding hydrogens is 212 g/mol. The van der Waals surface area contributed by atoms with Crippen LogP contribution in [0.25, 0.3) is 0 Å². The van der Waals surface area contributed by atoms with E-state index in [2.05, 4.69) is 30.9 Å². The molecule has 0 N–H and O–H groups in total. The number of likely N-dealkylation sites (N-methyl/N-ethyl adjacent to an activating group) is 2. The second-order valence-electron chi connectivity index (χ2n) is 4.79. The van der Waals surface area contributed by atoms with Crippen molar-refractivity contribution in [1.29, 1.82) is 0 Å². The van der Waals surface area contributed by atoms with Gasteiger partial charge in [-0.1, -0.05) is 24.3 Å². The third kappa shape index (κ3) is 5.11. The average molecular weight is 234 g/mol. The Morgan fingerprint density at radius 2 is 1.65 bits per heavy atom. The number of Topliss-reactive ketones (excluding diaryl/α,β-unsaturated/α-hetero) is 1. The van der Waals surface area contributed by atoms with Crippen molar-refractivity contribution in [3.63, 3.8) is 0 Å². The van der Waals surface area contributed by atoms with E-state index in [0.717, 1.165) is 25.2 Å². The van der Waals surface area contributed by atoms with E-state index in [1.165, 1.54) is 5.56 Å². The molecule has 0 saturated heterocycles. The van der Waals surface area contributed by atoms with E-state index in [-0.39, 0.29) is 5.78 Å². The fraction of sp³-hybridized carbons (Fsp3) is 0.500. The smallest absolute Gasteiger partial charge is 0.159 e. The Kier molecular flexibility index (Phi) is 5.32. The summed E-state index contributed by atoms with van der Waals surface area (Å²) in [5, 5.41) is 0. The van der Waals surface area contributed by atoms with Gasteiger partial charge in [-0.3, -0.25) is 4.79 Å². The Balaban J connectivity index is 2.48. The van der Waals surface area contributed by atoms with E-state index in [0.29, 0.717) is 0 Å². The number of hydrogen-bond acceptors (Lipinski definition) is 3. The van der Waals surface area contributed by atoms with Crippen molar-refractivity contribution in [1.82, 2.24) is 9.80 Å². The largest absolute Gasteiger partial charge is 0.308 e. The summed E-state index contributed by atoms with van der Waals surface area (Å²) in [7, 11) is 6.27. The second kappa shape index (κ2) is 6.52. The van der Waals surface area contributed by atoms with Crippen LogP contribution in [-0.2, 0) is 6.54 Å². The molecule has 0 heterocycles. The van der Waals surface area contributed by atoms with Crippen LogP contribution in [0.5, 0.6) is 0 Å². The van der Waals surface area contributed by atoms with Crippen molar-refractivity contribution in [2.45, 2.75) is 13.5 Å². The Morgan fingerprint density at radius 3 is 2.12 bits per heavy atom. The SMILES string of the molecule is CC(=O)c1ccc(CN(C)CCN(C)C)cc1. The quantitative estimate of drug-likeness (QED) is 0.702. The molecule has 17 heavy (non-hydrogen) atoms. The summed E-state index contributed by atoms with van der Waals surface area (Å²) in [6.07, 6.45) is 0. The highest BCUT2D eigenvalue weighted by atomic mass is 16.1. The molecule has 0 unspecified atom stereocenters. The first-order chi connectivity index (χ1) is 7.99. The fourth-order valence-corrected chi connectivity index (χ4v) is 1.61. The molecule has 0 aliphatic rings. The minimum Gasteiger partial charge on any atom is -0.308 e. The number of hydrogen-bond donors (Lipinski definition) is 0. The van der Waals surface area contributed by atoms with Gasteiger partial charge in [-0.25, -0.2) is 0 Å². The van der Waals surface area contributed by atoms with Crippen LogP contribution >= 0.6 is 0 Å². The third-order valence-corrected chi connectivity index (χ3v) is 2.74. The Hall–Kier alpha value is -1.19. The normalized spacial score (nSPS) is 11.2. The minimum atomic E-state index is 0.123. The number of benzene rings is 1. The van der Waals surface area contributed by atoms with Crippen LogP contribution in [0.3, 0.4) is 0 Å². The molecule has 1 rings (SSSR count). The third-order valence-electron chi connectivity index (χ3n) is 2.74. The summed E-state index contributed by atoms with van der Waals surface area (Å²) in [4.78, 5) is 15.6. The summed E-state index contributed by atoms with van der Waals surface area (Å²) in [6.45, 7) is 4.62. The highest BCUT2D eigenvalue weighted by Gasteiger charge is 2.02. The first kappa shape index (κ1) is 13.9. The maximum absolute atomic E-state index is 11.1. The van der Waals surface area contributed by atoms with E-state index >= 15 is 0 Å². The number of carbonyl (C=O) groups excluding carboxylic acids is 1. The lowest BCUT2D eigenvalue weighted by atomic mass is 10.1. The van der Waals surface area contributed by atoms with Gasteiger partial charge in [0, 0.05) is 25.2 Å². The molecule has 94 valence electrons. The summed E-state index contributed by atoms with van der Waals surface area (Å²) in [6, 6.07) is 7.86. The van der Waals surface area contributed by atoms with Crippen molar-refractivity contribution in [3.8, 4) is 0 Å². The lowest BCUT2D eigenvalue weighted by Gasteiger charge is -2.19. The van der Waals surface area contributed by atoms with Gasteiger partial charge in [-0.2, -0.15) is 0 Å². The standard InChI is InChI=1S/C14H22N2O/c1-12(17)14-7-5-13(6-8-14)11-16(4)10-9-15(2)3/h5-8H,9-11H2,1-4H3. The number of carbonyl (C=O) groups is 1. The molecule has 1 aromatic rings. The van der Waals surface area contributed by atoms with Crippen LogP contribution in [0.1, 0.15) is 22.8 Å². The van der Waals surface area contributed by atoms with Crippen molar-refractivity contribution < 1.29 is 4.79 Å². The topological polar surface area (TPSA) is 23.6 Å². The Bertz CT molecular complexity index is 357. The summed E-state index contributed by atoms with van der Waals surface area (Å²) >= 11 is 0. The van der Waals surface area contributed by atoms with Crippen LogP contribution < -0.4 is 0 Å². The maximum Gasteiger partial charge on any atom is 0.159 e. The lowest BCUT2D eigenvalue weighted by Crippen LogP contribution is -2.28. The fourth-order valence-electron chi connectivity index (χ4n) is 1.61. The van der Waals surface area contributed by atoms with Gasteiger partial charge in [0.1, 0.15) is 0 Å². The average Bonchev–Trinajstić information content (AvgIpc) is 2.27. The molecule has 0 atom stereocenters. The van der Waals surface area contributed by atoms with Crippen LogP contribution in [0.4, 0.5) is 0 Å². The zero-order chi connectivity index (χ0) is 12.8. The molecule has 0 fully saturated rings. The van der Waals surface area contributed by atoms with E-state index in [4.69, 9.17) is 0 Å². The van der Waals surface area contributed by atoms with Gasteiger partial charge >= 0.3 is 0 Å². The molecule has 0 amide bonds. The molecule has 3 heteroatoms. The van der Waals surface area contributed by atoms with Crippen molar-refractivity contribution >= 4 is 5.78 Å². The first-order valence-corrected chi connectivity index (χ1v) is 5.92. The molecule has 1 aromatic carbocycles. The van der Waals surface area contributed by atoms with E-state index in [9.17, 15) is 4.79 Å². The van der Waals surface area contributed by atoms with Crippen LogP contribution in [0, 0.1) is 0 Å². The predicted octanol–water partition coefficient (Wildman–Crippen LogP) is 1.88. The monoisotopic (exact) mass is 234 g/mol. The van der Waals surface area contributed by atoms with Crippen LogP contribution in [0.15, 0.2) is 24.3 Å². The van der Waals surface area contributed by atoms with Gasteiger partial charge in [-0.15, -0.1) is 0 Å². The Labute approximate surface area is 104 Å². The molecule has 0 spiro atoms. The number of ketones is 1. The van der Waals surface area contributed by atoms with Gasteiger partial charge in [0.05, 0.1) is 0 Å². The van der Waals surface area contributed by atoms with E-state index in [1.807, 2.05) is 24.3 Å². The van der Waals surface area contributed by atoms with Gasteiger partial charge < -0.3 is 9.80 Å². The molecule has 3 nitrogen and oxygen atoms in total. The molecule has 0 radical (unpaired) electrons. The predicted molar refractivity (Wildman–Crippen MR) is 71.3 cm³/mol. The van der Waals surface area contributed by atoms with Crippen molar-refractivity contribution in [3.05, 3.63) is 35.4 Å². The summed E-state index contributed by atoms with van der Waals surface area (Å²) in [5.74, 6) is 0.123. The van der Waals surface area contributed by atoms with Gasteiger partial charge in [0.15, 0.2) is 5.78 Å².